The van der Waals surface area contributed by atoms with Crippen LogP contribution in [0, 0.1) is 0 Å². The van der Waals surface area contributed by atoms with E-state index < -0.39 is 0 Å². The first kappa shape index (κ1) is 19.5. The number of aromatic nitrogens is 1. The lowest BCUT2D eigenvalue weighted by molar-refractivity contribution is -0.117. The maximum Gasteiger partial charge on any atom is 0.238 e. The van der Waals surface area contributed by atoms with Crippen LogP contribution in [0.1, 0.15) is 42.9 Å². The molecule has 1 heterocycles. The maximum atomic E-state index is 12.7. The fourth-order valence-corrected chi connectivity index (χ4v) is 4.29. The van der Waals surface area contributed by atoms with E-state index in [0.717, 1.165) is 29.1 Å². The fourth-order valence-electron chi connectivity index (χ4n) is 3.20. The first-order valence-electron chi connectivity index (χ1n) is 9.49. The molecule has 4 nitrogen and oxygen atoms in total. The first-order chi connectivity index (χ1) is 13.0. The number of likely N-dealkylation sites (N-methyl/N-ethyl adjacent to an activating group) is 1. The highest BCUT2D eigenvalue weighted by atomic mass is 32.1. The summed E-state index contributed by atoms with van der Waals surface area (Å²) >= 11 is 1.69. The molecule has 0 bridgehead atoms. The summed E-state index contributed by atoms with van der Waals surface area (Å²) in [4.78, 5) is 19.5. The quantitative estimate of drug-likeness (QED) is 0.623. The van der Waals surface area contributed by atoms with E-state index in [1.807, 2.05) is 30.1 Å². The number of anilines is 1. The minimum absolute atomic E-state index is 0.0149. The van der Waals surface area contributed by atoms with Crippen molar-refractivity contribution in [3.05, 3.63) is 58.6 Å². The molecule has 142 valence electrons. The molecule has 2 aromatic carbocycles. The van der Waals surface area contributed by atoms with Gasteiger partial charge in [0.25, 0.3) is 0 Å². The van der Waals surface area contributed by atoms with Crippen molar-refractivity contribution in [3.63, 3.8) is 0 Å². The van der Waals surface area contributed by atoms with Gasteiger partial charge in [0.05, 0.1) is 22.8 Å². The van der Waals surface area contributed by atoms with Gasteiger partial charge < -0.3 is 5.32 Å². The van der Waals surface area contributed by atoms with Gasteiger partial charge in [0.15, 0.2) is 0 Å². The van der Waals surface area contributed by atoms with Crippen molar-refractivity contribution in [1.82, 2.24) is 9.88 Å². The van der Waals surface area contributed by atoms with E-state index in [9.17, 15) is 4.79 Å². The van der Waals surface area contributed by atoms with Crippen molar-refractivity contribution >= 4 is 33.1 Å². The number of carbonyl (C=O) groups excluding carboxylic acids is 1. The van der Waals surface area contributed by atoms with Crippen LogP contribution in [0.3, 0.4) is 0 Å². The van der Waals surface area contributed by atoms with Crippen LogP contribution in [0.2, 0.25) is 0 Å². The molecule has 27 heavy (non-hydrogen) atoms. The largest absolute Gasteiger partial charge is 0.324 e. The molecular formula is C22H27N3OS. The van der Waals surface area contributed by atoms with Gasteiger partial charge in [0, 0.05) is 5.69 Å². The van der Waals surface area contributed by atoms with Gasteiger partial charge in [-0.2, -0.15) is 0 Å². The van der Waals surface area contributed by atoms with Crippen molar-refractivity contribution in [2.75, 3.05) is 18.9 Å². The molecule has 0 aliphatic rings. The molecule has 3 aromatic rings. The number of amides is 1. The Bertz CT molecular complexity index is 879. The van der Waals surface area contributed by atoms with Gasteiger partial charge in [-0.05, 0) is 50.1 Å². The fraction of sp³-hybridized carbons (Fsp3) is 0.364. The number of hydrogen-bond acceptors (Lipinski definition) is 4. The Morgan fingerprint density at radius 2 is 1.78 bits per heavy atom. The summed E-state index contributed by atoms with van der Waals surface area (Å²) < 4.78 is 1.18. The normalized spacial score (nSPS) is 12.5. The van der Waals surface area contributed by atoms with E-state index in [2.05, 4.69) is 50.4 Å². The summed E-state index contributed by atoms with van der Waals surface area (Å²) in [6, 6.07) is 14.5. The highest BCUT2D eigenvalue weighted by molar-refractivity contribution is 7.18. The Hall–Kier alpha value is -2.24. The van der Waals surface area contributed by atoms with Crippen LogP contribution in [0.25, 0.3) is 10.2 Å². The predicted molar refractivity (Wildman–Crippen MR) is 114 cm³/mol. The number of para-hydroxylation sites is 2. The monoisotopic (exact) mass is 381 g/mol. The van der Waals surface area contributed by atoms with Gasteiger partial charge >= 0.3 is 0 Å². The Morgan fingerprint density at radius 1 is 1.11 bits per heavy atom. The lowest BCUT2D eigenvalue weighted by Gasteiger charge is -2.23. The Kier molecular flexibility index (Phi) is 6.24. The van der Waals surface area contributed by atoms with Crippen LogP contribution in [-0.4, -0.2) is 29.4 Å². The number of aryl methyl sites for hydroxylation is 2. The third-order valence-corrected chi connectivity index (χ3v) is 6.19. The average molecular weight is 382 g/mol. The van der Waals surface area contributed by atoms with E-state index in [4.69, 9.17) is 4.98 Å². The van der Waals surface area contributed by atoms with Crippen LogP contribution in [0.15, 0.2) is 42.5 Å². The number of carbonyl (C=O) groups is 1. The summed E-state index contributed by atoms with van der Waals surface area (Å²) in [5, 5.41) is 4.18. The van der Waals surface area contributed by atoms with Gasteiger partial charge in [-0.1, -0.05) is 44.2 Å². The highest BCUT2D eigenvalue weighted by Crippen LogP contribution is 2.29. The Morgan fingerprint density at radius 3 is 2.41 bits per heavy atom. The number of fused-ring (bicyclic) bond motifs is 1. The molecule has 5 heteroatoms. The molecule has 0 radical (unpaired) electrons. The number of nitrogens with zero attached hydrogens (tertiary/aromatic N) is 2. The molecule has 0 fully saturated rings. The molecule has 1 atom stereocenters. The molecule has 3 rings (SSSR count). The van der Waals surface area contributed by atoms with Gasteiger partial charge in [0.1, 0.15) is 5.01 Å². The SMILES string of the molecule is CCc1cccc(CC)c1NC(=O)CN(C)[C@H](C)c1nc2ccccc2s1. The minimum atomic E-state index is 0.0149. The number of rotatable bonds is 7. The van der Waals surface area contributed by atoms with Crippen LogP contribution in [-0.2, 0) is 17.6 Å². The summed E-state index contributed by atoms with van der Waals surface area (Å²) in [7, 11) is 1.97. The van der Waals surface area contributed by atoms with Crippen molar-refractivity contribution in [2.24, 2.45) is 0 Å². The summed E-state index contributed by atoms with van der Waals surface area (Å²) in [5.74, 6) is 0.0149. The molecule has 0 saturated heterocycles. The smallest absolute Gasteiger partial charge is 0.238 e. The second-order valence-electron chi connectivity index (χ2n) is 6.82. The van der Waals surface area contributed by atoms with Crippen molar-refractivity contribution < 1.29 is 4.79 Å². The number of thiazole rings is 1. The molecule has 1 amide bonds. The summed E-state index contributed by atoms with van der Waals surface area (Å²) in [5.41, 5.74) is 4.37. The van der Waals surface area contributed by atoms with Crippen molar-refractivity contribution in [1.29, 1.82) is 0 Å². The summed E-state index contributed by atoms with van der Waals surface area (Å²) in [6.07, 6.45) is 1.81. The first-order valence-corrected chi connectivity index (χ1v) is 10.3. The molecule has 1 N–H and O–H groups in total. The van der Waals surface area contributed by atoms with Crippen molar-refractivity contribution in [3.8, 4) is 0 Å². The average Bonchev–Trinajstić information content (AvgIpc) is 3.11. The molecule has 0 unspecified atom stereocenters. The molecule has 0 spiro atoms. The van der Waals surface area contributed by atoms with Crippen molar-refractivity contribution in [2.45, 2.75) is 39.7 Å². The molecular weight excluding hydrogens is 354 g/mol. The van der Waals surface area contributed by atoms with Crippen LogP contribution < -0.4 is 5.32 Å². The van der Waals surface area contributed by atoms with E-state index in [1.54, 1.807) is 11.3 Å². The zero-order valence-corrected chi connectivity index (χ0v) is 17.3. The molecule has 0 saturated carbocycles. The zero-order valence-electron chi connectivity index (χ0n) is 16.5. The maximum absolute atomic E-state index is 12.7. The van der Waals surface area contributed by atoms with E-state index in [0.29, 0.717) is 6.54 Å². The van der Waals surface area contributed by atoms with Crippen LogP contribution in [0.4, 0.5) is 5.69 Å². The standard InChI is InChI=1S/C22H27N3OS/c1-5-16-10-9-11-17(6-2)21(16)24-20(26)14-25(4)15(3)22-23-18-12-7-8-13-19(18)27-22/h7-13,15H,5-6,14H2,1-4H3,(H,24,26)/t15-/m1/s1. The highest BCUT2D eigenvalue weighted by Gasteiger charge is 2.19. The van der Waals surface area contributed by atoms with E-state index in [-0.39, 0.29) is 11.9 Å². The number of benzene rings is 2. The predicted octanol–water partition coefficient (Wildman–Crippen LogP) is 5.05. The van der Waals surface area contributed by atoms with Gasteiger partial charge in [-0.3, -0.25) is 9.69 Å². The Balaban J connectivity index is 1.70. The zero-order chi connectivity index (χ0) is 19.4. The van der Waals surface area contributed by atoms with Crippen LogP contribution in [0.5, 0.6) is 0 Å². The van der Waals surface area contributed by atoms with E-state index in [1.165, 1.54) is 15.8 Å². The molecule has 0 aliphatic carbocycles. The Labute approximate surface area is 165 Å². The minimum Gasteiger partial charge on any atom is -0.324 e. The third-order valence-electron chi connectivity index (χ3n) is 4.99. The topological polar surface area (TPSA) is 45.2 Å². The lowest BCUT2D eigenvalue weighted by atomic mass is 10.0. The number of hydrogen-bond donors (Lipinski definition) is 1. The van der Waals surface area contributed by atoms with Crippen LogP contribution >= 0.6 is 11.3 Å². The lowest BCUT2D eigenvalue weighted by Crippen LogP contribution is -2.32. The van der Waals surface area contributed by atoms with E-state index >= 15 is 0 Å². The summed E-state index contributed by atoms with van der Waals surface area (Å²) in [6.45, 7) is 6.66. The molecule has 0 aliphatic heterocycles. The number of nitrogens with one attached hydrogen (secondary N) is 1. The second kappa shape index (κ2) is 8.63. The molecule has 1 aromatic heterocycles. The van der Waals surface area contributed by atoms with Gasteiger partial charge in [-0.15, -0.1) is 11.3 Å². The second-order valence-corrected chi connectivity index (χ2v) is 7.88. The third kappa shape index (κ3) is 4.37. The van der Waals surface area contributed by atoms with Gasteiger partial charge in [0.2, 0.25) is 5.91 Å². The van der Waals surface area contributed by atoms with Gasteiger partial charge in [-0.25, -0.2) is 4.98 Å².